The van der Waals surface area contributed by atoms with Crippen LogP contribution in [0.1, 0.15) is 20.3 Å². The van der Waals surface area contributed by atoms with Crippen molar-refractivity contribution in [3.63, 3.8) is 0 Å². The number of fused-ring (bicyclic) bond motifs is 1. The SMILES string of the molecule is CC(C)(CO)Nc1ccc2c(c1)OCCCO2. The van der Waals surface area contributed by atoms with Crippen molar-refractivity contribution in [3.8, 4) is 11.5 Å². The van der Waals surface area contributed by atoms with Gasteiger partial charge in [-0.25, -0.2) is 0 Å². The minimum Gasteiger partial charge on any atom is -0.490 e. The van der Waals surface area contributed by atoms with Gasteiger partial charge in [-0.3, -0.25) is 0 Å². The molecule has 1 aliphatic heterocycles. The van der Waals surface area contributed by atoms with Crippen LogP contribution < -0.4 is 14.8 Å². The normalized spacial score (nSPS) is 15.2. The van der Waals surface area contributed by atoms with Crippen molar-refractivity contribution in [1.29, 1.82) is 0 Å². The lowest BCUT2D eigenvalue weighted by Crippen LogP contribution is -2.34. The first kappa shape index (κ1) is 12.0. The summed E-state index contributed by atoms with van der Waals surface area (Å²) in [7, 11) is 0. The fraction of sp³-hybridized carbons (Fsp3) is 0.538. The summed E-state index contributed by atoms with van der Waals surface area (Å²) in [5, 5.41) is 12.5. The molecule has 0 spiro atoms. The molecule has 4 nitrogen and oxygen atoms in total. The van der Waals surface area contributed by atoms with E-state index < -0.39 is 0 Å². The van der Waals surface area contributed by atoms with Crippen molar-refractivity contribution in [2.75, 3.05) is 25.1 Å². The van der Waals surface area contributed by atoms with Crippen molar-refractivity contribution in [2.24, 2.45) is 0 Å². The lowest BCUT2D eigenvalue weighted by atomic mass is 10.1. The fourth-order valence-electron chi connectivity index (χ4n) is 1.67. The maximum absolute atomic E-state index is 9.22. The zero-order valence-corrected chi connectivity index (χ0v) is 10.3. The maximum Gasteiger partial charge on any atom is 0.163 e. The van der Waals surface area contributed by atoms with Gasteiger partial charge in [0, 0.05) is 18.2 Å². The highest BCUT2D eigenvalue weighted by Gasteiger charge is 2.17. The molecular weight excluding hydrogens is 218 g/mol. The Kier molecular flexibility index (Phi) is 3.43. The summed E-state index contributed by atoms with van der Waals surface area (Å²) in [4.78, 5) is 0. The van der Waals surface area contributed by atoms with Crippen LogP contribution in [-0.4, -0.2) is 30.5 Å². The van der Waals surface area contributed by atoms with Gasteiger partial charge >= 0.3 is 0 Å². The number of aliphatic hydroxyl groups is 1. The lowest BCUT2D eigenvalue weighted by Gasteiger charge is -2.25. The molecule has 1 aliphatic rings. The fourth-order valence-corrected chi connectivity index (χ4v) is 1.67. The quantitative estimate of drug-likeness (QED) is 0.844. The van der Waals surface area contributed by atoms with Crippen molar-refractivity contribution in [3.05, 3.63) is 18.2 Å². The van der Waals surface area contributed by atoms with Gasteiger partial charge < -0.3 is 19.9 Å². The summed E-state index contributed by atoms with van der Waals surface area (Å²) >= 11 is 0. The molecule has 0 aliphatic carbocycles. The van der Waals surface area contributed by atoms with E-state index in [2.05, 4.69) is 5.32 Å². The second-order valence-electron chi connectivity index (χ2n) is 4.88. The Hall–Kier alpha value is -1.42. The predicted octanol–water partition coefficient (Wildman–Crippen LogP) is 2.03. The smallest absolute Gasteiger partial charge is 0.163 e. The number of hydrogen-bond acceptors (Lipinski definition) is 4. The average Bonchev–Trinajstić information content (AvgIpc) is 2.53. The first-order chi connectivity index (χ1) is 8.11. The van der Waals surface area contributed by atoms with E-state index in [9.17, 15) is 5.11 Å². The summed E-state index contributed by atoms with van der Waals surface area (Å²) in [5.74, 6) is 1.55. The third-order valence-corrected chi connectivity index (χ3v) is 2.63. The van der Waals surface area contributed by atoms with Gasteiger partial charge in [-0.05, 0) is 26.0 Å². The third kappa shape index (κ3) is 3.03. The Morgan fingerprint density at radius 2 is 1.94 bits per heavy atom. The topological polar surface area (TPSA) is 50.7 Å². The largest absolute Gasteiger partial charge is 0.490 e. The van der Waals surface area contributed by atoms with Gasteiger partial charge in [-0.2, -0.15) is 0 Å². The summed E-state index contributed by atoms with van der Waals surface area (Å²) in [5.41, 5.74) is 0.577. The van der Waals surface area contributed by atoms with E-state index in [-0.39, 0.29) is 12.1 Å². The molecule has 2 N–H and O–H groups in total. The Balaban J connectivity index is 2.18. The van der Waals surface area contributed by atoms with Gasteiger partial charge in [0.2, 0.25) is 0 Å². The Morgan fingerprint density at radius 1 is 1.24 bits per heavy atom. The number of hydrogen-bond donors (Lipinski definition) is 2. The van der Waals surface area contributed by atoms with E-state index >= 15 is 0 Å². The van der Waals surface area contributed by atoms with Gasteiger partial charge in [0.05, 0.1) is 25.4 Å². The molecule has 1 aromatic carbocycles. The summed E-state index contributed by atoms with van der Waals surface area (Å²) in [6, 6.07) is 5.75. The predicted molar refractivity (Wildman–Crippen MR) is 66.8 cm³/mol. The number of ether oxygens (including phenoxy) is 2. The van der Waals surface area contributed by atoms with Crippen LogP contribution in [0.25, 0.3) is 0 Å². The molecule has 1 aromatic rings. The van der Waals surface area contributed by atoms with E-state index in [1.165, 1.54) is 0 Å². The van der Waals surface area contributed by atoms with E-state index in [1.54, 1.807) is 0 Å². The van der Waals surface area contributed by atoms with Gasteiger partial charge in [0.1, 0.15) is 0 Å². The zero-order chi connectivity index (χ0) is 12.3. The maximum atomic E-state index is 9.22. The van der Waals surface area contributed by atoms with Crippen LogP contribution in [0, 0.1) is 0 Å². The van der Waals surface area contributed by atoms with Gasteiger partial charge in [0.25, 0.3) is 0 Å². The Bertz CT molecular complexity index is 390. The Morgan fingerprint density at radius 3 is 2.65 bits per heavy atom. The summed E-state index contributed by atoms with van der Waals surface area (Å²) in [6.07, 6.45) is 0.902. The first-order valence-electron chi connectivity index (χ1n) is 5.89. The number of benzene rings is 1. The van der Waals surface area contributed by atoms with Crippen molar-refractivity contribution >= 4 is 5.69 Å². The van der Waals surface area contributed by atoms with Crippen LogP contribution in [0.4, 0.5) is 5.69 Å². The standard InChI is InChI=1S/C13H19NO3/c1-13(2,9-15)14-10-4-5-11-12(8-10)17-7-3-6-16-11/h4-5,8,14-15H,3,6-7,9H2,1-2H3. The minimum atomic E-state index is -0.347. The van der Waals surface area contributed by atoms with E-state index in [1.807, 2.05) is 32.0 Å². The molecule has 1 heterocycles. The van der Waals surface area contributed by atoms with Crippen LogP contribution in [-0.2, 0) is 0 Å². The molecule has 2 rings (SSSR count). The highest BCUT2D eigenvalue weighted by Crippen LogP contribution is 2.33. The van der Waals surface area contributed by atoms with Crippen molar-refractivity contribution < 1.29 is 14.6 Å². The molecule has 0 fully saturated rings. The number of rotatable bonds is 3. The highest BCUT2D eigenvalue weighted by atomic mass is 16.5. The summed E-state index contributed by atoms with van der Waals surface area (Å²) < 4.78 is 11.2. The van der Waals surface area contributed by atoms with Crippen LogP contribution in [0.2, 0.25) is 0 Å². The Labute approximate surface area is 102 Å². The minimum absolute atomic E-state index is 0.0709. The first-order valence-corrected chi connectivity index (χ1v) is 5.89. The van der Waals surface area contributed by atoms with Crippen LogP contribution in [0.15, 0.2) is 18.2 Å². The number of nitrogens with one attached hydrogen (secondary N) is 1. The zero-order valence-electron chi connectivity index (χ0n) is 10.3. The van der Waals surface area contributed by atoms with Crippen molar-refractivity contribution in [1.82, 2.24) is 0 Å². The molecule has 0 bridgehead atoms. The lowest BCUT2D eigenvalue weighted by molar-refractivity contribution is 0.234. The molecule has 0 amide bonds. The van der Waals surface area contributed by atoms with Crippen LogP contribution >= 0.6 is 0 Å². The number of aliphatic hydroxyl groups excluding tert-OH is 1. The molecule has 4 heteroatoms. The molecule has 0 atom stereocenters. The van der Waals surface area contributed by atoms with Crippen molar-refractivity contribution in [2.45, 2.75) is 25.8 Å². The molecule has 94 valence electrons. The third-order valence-electron chi connectivity index (χ3n) is 2.63. The van der Waals surface area contributed by atoms with Gasteiger partial charge in [-0.1, -0.05) is 0 Å². The van der Waals surface area contributed by atoms with Gasteiger partial charge in [-0.15, -0.1) is 0 Å². The van der Waals surface area contributed by atoms with E-state index in [0.717, 1.165) is 23.6 Å². The van der Waals surface area contributed by atoms with E-state index in [0.29, 0.717) is 13.2 Å². The molecule has 0 saturated heterocycles. The number of anilines is 1. The van der Waals surface area contributed by atoms with Gasteiger partial charge in [0.15, 0.2) is 11.5 Å². The molecule has 0 radical (unpaired) electrons. The molecule has 0 aromatic heterocycles. The highest BCUT2D eigenvalue weighted by molar-refractivity contribution is 5.56. The monoisotopic (exact) mass is 237 g/mol. The van der Waals surface area contributed by atoms with E-state index in [4.69, 9.17) is 9.47 Å². The molecular formula is C13H19NO3. The second kappa shape index (κ2) is 4.84. The van der Waals surface area contributed by atoms with Crippen LogP contribution in [0.5, 0.6) is 11.5 Å². The molecule has 0 saturated carbocycles. The summed E-state index contributed by atoms with van der Waals surface area (Å²) in [6.45, 7) is 5.33. The molecule has 17 heavy (non-hydrogen) atoms. The van der Waals surface area contributed by atoms with Crippen LogP contribution in [0.3, 0.4) is 0 Å². The molecule has 0 unspecified atom stereocenters. The second-order valence-corrected chi connectivity index (χ2v) is 4.88. The average molecular weight is 237 g/mol.